The SMILES string of the molecule is CCCN(CCC)C(=O)Cc1c(-c2ccc(CCF)cc2)nc2c(Cl)cc(Cl)cn12. The fourth-order valence-electron chi connectivity index (χ4n) is 3.61. The van der Waals surface area contributed by atoms with Gasteiger partial charge >= 0.3 is 0 Å². The fourth-order valence-corrected chi connectivity index (χ4v) is 4.13. The van der Waals surface area contributed by atoms with Crippen molar-refractivity contribution in [3.05, 3.63) is 57.8 Å². The Balaban J connectivity index is 2.08. The normalized spacial score (nSPS) is 11.2. The van der Waals surface area contributed by atoms with E-state index in [1.54, 1.807) is 12.3 Å². The maximum absolute atomic E-state index is 13.1. The molecule has 0 saturated carbocycles. The average molecular weight is 450 g/mol. The van der Waals surface area contributed by atoms with Gasteiger partial charge in [0.15, 0.2) is 5.65 Å². The molecule has 1 amide bonds. The summed E-state index contributed by atoms with van der Waals surface area (Å²) in [6.45, 7) is 5.17. The molecular weight excluding hydrogens is 424 g/mol. The number of fused-ring (bicyclic) bond motifs is 1. The number of benzene rings is 1. The second kappa shape index (κ2) is 10.3. The molecule has 0 saturated heterocycles. The lowest BCUT2D eigenvalue weighted by Gasteiger charge is -2.21. The average Bonchev–Trinajstić information content (AvgIpc) is 3.07. The number of halogens is 3. The molecule has 0 bridgehead atoms. The van der Waals surface area contributed by atoms with E-state index in [0.717, 1.165) is 42.8 Å². The van der Waals surface area contributed by atoms with Crippen molar-refractivity contribution in [3.63, 3.8) is 0 Å². The van der Waals surface area contributed by atoms with E-state index in [1.165, 1.54) is 0 Å². The number of nitrogens with zero attached hydrogens (tertiary/aromatic N) is 3. The highest BCUT2D eigenvalue weighted by Crippen LogP contribution is 2.30. The number of amides is 1. The number of imidazole rings is 1. The summed E-state index contributed by atoms with van der Waals surface area (Å²) in [5.41, 5.74) is 3.76. The van der Waals surface area contributed by atoms with Gasteiger partial charge < -0.3 is 9.30 Å². The van der Waals surface area contributed by atoms with Crippen LogP contribution in [0.3, 0.4) is 0 Å². The second-order valence-corrected chi connectivity index (χ2v) is 8.14. The zero-order valence-electron chi connectivity index (χ0n) is 17.3. The number of alkyl halides is 1. The number of hydrogen-bond acceptors (Lipinski definition) is 2. The lowest BCUT2D eigenvalue weighted by molar-refractivity contribution is -0.130. The van der Waals surface area contributed by atoms with Crippen molar-refractivity contribution in [2.24, 2.45) is 0 Å². The van der Waals surface area contributed by atoms with E-state index in [1.807, 2.05) is 33.6 Å². The molecule has 160 valence electrons. The van der Waals surface area contributed by atoms with Gasteiger partial charge in [0.2, 0.25) is 5.91 Å². The molecule has 3 aromatic rings. The molecule has 0 spiro atoms. The second-order valence-electron chi connectivity index (χ2n) is 7.30. The van der Waals surface area contributed by atoms with Gasteiger partial charge in [-0.15, -0.1) is 0 Å². The first-order valence-electron chi connectivity index (χ1n) is 10.3. The van der Waals surface area contributed by atoms with Crippen molar-refractivity contribution in [1.29, 1.82) is 0 Å². The van der Waals surface area contributed by atoms with Crippen LogP contribution in [-0.4, -0.2) is 40.0 Å². The minimum atomic E-state index is -0.397. The van der Waals surface area contributed by atoms with Crippen LogP contribution in [0.2, 0.25) is 10.0 Å². The fraction of sp³-hybridized carbons (Fsp3) is 0.391. The number of carbonyl (C=O) groups excluding carboxylic acids is 1. The molecule has 0 atom stereocenters. The minimum Gasteiger partial charge on any atom is -0.342 e. The van der Waals surface area contributed by atoms with E-state index in [2.05, 4.69) is 13.8 Å². The van der Waals surface area contributed by atoms with Gasteiger partial charge in [0.1, 0.15) is 0 Å². The molecule has 0 radical (unpaired) electrons. The summed E-state index contributed by atoms with van der Waals surface area (Å²) in [5, 5.41) is 0.901. The minimum absolute atomic E-state index is 0.0481. The number of hydrogen-bond donors (Lipinski definition) is 0. The van der Waals surface area contributed by atoms with Crippen LogP contribution < -0.4 is 0 Å². The zero-order chi connectivity index (χ0) is 21.7. The Morgan fingerprint density at radius 3 is 2.40 bits per heavy atom. The van der Waals surface area contributed by atoms with Crippen molar-refractivity contribution in [1.82, 2.24) is 14.3 Å². The third-order valence-electron chi connectivity index (χ3n) is 5.01. The first-order chi connectivity index (χ1) is 14.5. The molecule has 2 aromatic heterocycles. The van der Waals surface area contributed by atoms with Gasteiger partial charge in [0.05, 0.1) is 34.5 Å². The molecule has 2 heterocycles. The quantitative estimate of drug-likeness (QED) is 0.400. The van der Waals surface area contributed by atoms with E-state index >= 15 is 0 Å². The third kappa shape index (κ3) is 4.96. The van der Waals surface area contributed by atoms with Crippen LogP contribution >= 0.6 is 23.2 Å². The maximum Gasteiger partial charge on any atom is 0.228 e. The molecule has 4 nitrogen and oxygen atoms in total. The summed E-state index contributed by atoms with van der Waals surface area (Å²) < 4.78 is 14.5. The van der Waals surface area contributed by atoms with Gasteiger partial charge in [-0.05, 0) is 24.5 Å². The number of carbonyl (C=O) groups is 1. The smallest absolute Gasteiger partial charge is 0.228 e. The van der Waals surface area contributed by atoms with Crippen molar-refractivity contribution in [2.75, 3.05) is 19.8 Å². The van der Waals surface area contributed by atoms with Gasteiger partial charge in [-0.3, -0.25) is 9.18 Å². The van der Waals surface area contributed by atoms with E-state index in [0.29, 0.717) is 27.8 Å². The largest absolute Gasteiger partial charge is 0.342 e. The summed E-state index contributed by atoms with van der Waals surface area (Å²) in [6.07, 6.45) is 4.11. The standard InChI is InChI=1S/C23H26Cl2FN3O/c1-3-11-28(12-4-2)21(30)14-20-22(17-7-5-16(6-8-17)9-10-26)27-23-19(25)13-18(24)15-29(20)23/h5-8,13,15H,3-4,9-12,14H2,1-2H3. The third-order valence-corrected chi connectivity index (χ3v) is 5.49. The monoisotopic (exact) mass is 449 g/mol. The number of rotatable bonds is 9. The molecule has 7 heteroatoms. The molecule has 3 rings (SSSR count). The first kappa shape index (κ1) is 22.6. The van der Waals surface area contributed by atoms with Crippen LogP contribution in [0.1, 0.15) is 37.9 Å². The summed E-state index contributed by atoms with van der Waals surface area (Å²) in [4.78, 5) is 19.7. The van der Waals surface area contributed by atoms with Crippen molar-refractivity contribution < 1.29 is 9.18 Å². The molecule has 0 aliphatic rings. The van der Waals surface area contributed by atoms with Crippen LogP contribution in [0, 0.1) is 0 Å². The number of aromatic nitrogens is 2. The highest BCUT2D eigenvalue weighted by molar-refractivity contribution is 6.36. The molecule has 0 unspecified atom stereocenters. The van der Waals surface area contributed by atoms with Gasteiger partial charge in [-0.25, -0.2) is 4.98 Å². The summed E-state index contributed by atoms with van der Waals surface area (Å²) in [6, 6.07) is 9.24. The molecule has 30 heavy (non-hydrogen) atoms. The Hall–Kier alpha value is -2.11. The van der Waals surface area contributed by atoms with Gasteiger partial charge in [-0.1, -0.05) is 61.3 Å². The topological polar surface area (TPSA) is 37.6 Å². The van der Waals surface area contributed by atoms with Gasteiger partial charge in [0.25, 0.3) is 0 Å². The van der Waals surface area contributed by atoms with Crippen molar-refractivity contribution in [2.45, 2.75) is 39.5 Å². The van der Waals surface area contributed by atoms with Gasteiger partial charge in [-0.2, -0.15) is 0 Å². The predicted molar refractivity (Wildman–Crippen MR) is 121 cm³/mol. The van der Waals surface area contributed by atoms with Crippen molar-refractivity contribution in [3.8, 4) is 11.3 Å². The molecule has 0 aliphatic carbocycles. The highest BCUT2D eigenvalue weighted by Gasteiger charge is 2.21. The molecule has 0 fully saturated rings. The van der Waals surface area contributed by atoms with Crippen LogP contribution in [0.15, 0.2) is 36.5 Å². The molecule has 1 aromatic carbocycles. The summed E-state index contributed by atoms with van der Waals surface area (Å²) >= 11 is 12.6. The lowest BCUT2D eigenvalue weighted by Crippen LogP contribution is -2.34. The lowest BCUT2D eigenvalue weighted by atomic mass is 10.0. The number of pyridine rings is 1. The van der Waals surface area contributed by atoms with Gasteiger partial charge in [0, 0.05) is 31.3 Å². The number of aryl methyl sites for hydroxylation is 1. The maximum atomic E-state index is 13.1. The Morgan fingerprint density at radius 2 is 1.80 bits per heavy atom. The highest BCUT2D eigenvalue weighted by atomic mass is 35.5. The Kier molecular flexibility index (Phi) is 7.73. The molecule has 0 N–H and O–H groups in total. The summed E-state index contributed by atoms with van der Waals surface area (Å²) in [7, 11) is 0. The van der Waals surface area contributed by atoms with Crippen LogP contribution in [-0.2, 0) is 17.6 Å². The first-order valence-corrected chi connectivity index (χ1v) is 11.0. The van der Waals surface area contributed by atoms with E-state index in [4.69, 9.17) is 28.2 Å². The Morgan fingerprint density at radius 1 is 1.13 bits per heavy atom. The zero-order valence-corrected chi connectivity index (χ0v) is 18.8. The summed E-state index contributed by atoms with van der Waals surface area (Å²) in [5.74, 6) is 0.0481. The van der Waals surface area contributed by atoms with E-state index < -0.39 is 6.67 Å². The Labute approximate surface area is 186 Å². The van der Waals surface area contributed by atoms with Crippen molar-refractivity contribution >= 4 is 34.8 Å². The van der Waals surface area contributed by atoms with Crippen LogP contribution in [0.25, 0.3) is 16.9 Å². The predicted octanol–water partition coefficient (Wildman–Crippen LogP) is 6.01. The van der Waals surface area contributed by atoms with E-state index in [-0.39, 0.29) is 12.3 Å². The Bertz CT molecular complexity index is 1010. The van der Waals surface area contributed by atoms with E-state index in [9.17, 15) is 9.18 Å². The van der Waals surface area contributed by atoms with Crippen LogP contribution in [0.4, 0.5) is 4.39 Å². The van der Waals surface area contributed by atoms with Crippen LogP contribution in [0.5, 0.6) is 0 Å². The molecule has 0 aliphatic heterocycles. The molecular formula is C23H26Cl2FN3O.